The van der Waals surface area contributed by atoms with Gasteiger partial charge in [-0.1, -0.05) is 54.1 Å². The lowest BCUT2D eigenvalue weighted by molar-refractivity contribution is -0.109. The number of fused-ring (bicyclic) bond motifs is 1. The van der Waals surface area contributed by atoms with E-state index in [0.29, 0.717) is 44.6 Å². The van der Waals surface area contributed by atoms with Gasteiger partial charge in [0.15, 0.2) is 0 Å². The zero-order chi connectivity index (χ0) is 29.6. The monoisotopic (exact) mass is 580 g/mol. The third-order valence-corrected chi connectivity index (χ3v) is 6.56. The number of carbonyl (C=O) groups is 1. The molecule has 4 aromatic carbocycles. The Labute approximate surface area is 246 Å². The molecule has 1 aliphatic rings. The minimum atomic E-state index is -0.563. The molecule has 0 fully saturated rings. The molecule has 0 aliphatic heterocycles. The van der Waals surface area contributed by atoms with E-state index in [4.69, 9.17) is 21.1 Å². The van der Waals surface area contributed by atoms with Crippen molar-refractivity contribution in [2.24, 2.45) is 15.1 Å². The number of methoxy groups -OCH3 is 2. The van der Waals surface area contributed by atoms with Crippen molar-refractivity contribution in [1.29, 1.82) is 0 Å². The number of carbonyl (C=O) groups excluding carboxylic acids is 1. The number of halogens is 1. The molecule has 210 valence electrons. The predicted octanol–water partition coefficient (Wildman–Crippen LogP) is 7.06. The van der Waals surface area contributed by atoms with Gasteiger partial charge < -0.3 is 19.7 Å². The summed E-state index contributed by atoms with van der Waals surface area (Å²) >= 11 is 6.11. The molecule has 10 heteroatoms. The number of anilines is 1. The maximum atomic E-state index is 13.7. The highest BCUT2D eigenvalue weighted by Crippen LogP contribution is 2.32. The van der Waals surface area contributed by atoms with Crippen LogP contribution in [0.2, 0.25) is 5.02 Å². The van der Waals surface area contributed by atoms with Crippen molar-refractivity contribution < 1.29 is 24.5 Å². The highest BCUT2D eigenvalue weighted by molar-refractivity contribution is 6.58. The number of Topliss-reactive ketones (excluding diaryl/α,β-unsaturated/α-hetero) is 1. The number of rotatable bonds is 8. The summed E-state index contributed by atoms with van der Waals surface area (Å²) < 4.78 is 10.8. The smallest absolute Gasteiger partial charge is 0.223 e. The summed E-state index contributed by atoms with van der Waals surface area (Å²) in [6, 6.07) is 25.8. The molecule has 0 saturated carbocycles. The average molecular weight is 581 g/mol. The first kappa shape index (κ1) is 28.1. The van der Waals surface area contributed by atoms with Crippen LogP contribution in [0.15, 0.2) is 112 Å². The molecule has 0 atom stereocenters. The highest BCUT2D eigenvalue weighted by atomic mass is 35.5. The second kappa shape index (κ2) is 12.4. The fourth-order valence-corrected chi connectivity index (χ4v) is 4.42. The van der Waals surface area contributed by atoms with Crippen molar-refractivity contribution in [1.82, 2.24) is 0 Å². The number of nitrogens with one attached hydrogen (secondary N) is 1. The first-order valence-electron chi connectivity index (χ1n) is 12.7. The van der Waals surface area contributed by atoms with Crippen LogP contribution in [-0.2, 0) is 4.79 Å². The molecule has 0 heterocycles. The van der Waals surface area contributed by atoms with Gasteiger partial charge in [0.1, 0.15) is 22.9 Å². The van der Waals surface area contributed by atoms with Crippen LogP contribution in [-0.4, -0.2) is 47.7 Å². The number of nitrogens with zero attached hydrogens (tertiary/aromatic N) is 3. The predicted molar refractivity (Wildman–Crippen MR) is 166 cm³/mol. The molecule has 0 aromatic heterocycles. The average Bonchev–Trinajstić information content (AvgIpc) is 3.00. The van der Waals surface area contributed by atoms with Gasteiger partial charge in [0.25, 0.3) is 0 Å². The number of benzene rings is 4. The lowest BCUT2D eigenvalue weighted by Crippen LogP contribution is -2.27. The molecule has 42 heavy (non-hydrogen) atoms. The zero-order valence-electron chi connectivity index (χ0n) is 22.6. The van der Waals surface area contributed by atoms with Crippen LogP contribution in [0.5, 0.6) is 11.5 Å². The molecular weight excluding hydrogens is 556 g/mol. The van der Waals surface area contributed by atoms with E-state index in [1.54, 1.807) is 66.7 Å². The van der Waals surface area contributed by atoms with Crippen LogP contribution in [0.25, 0.3) is 6.08 Å². The lowest BCUT2D eigenvalue weighted by Gasteiger charge is -2.17. The summed E-state index contributed by atoms with van der Waals surface area (Å²) in [4.78, 5) is 22.1. The molecule has 0 spiro atoms. The van der Waals surface area contributed by atoms with Crippen LogP contribution in [0.1, 0.15) is 16.7 Å². The summed E-state index contributed by atoms with van der Waals surface area (Å²) in [6.07, 6.45) is 1.55. The highest BCUT2D eigenvalue weighted by Gasteiger charge is 2.29. The van der Waals surface area contributed by atoms with Gasteiger partial charge in [-0.05, 0) is 60.2 Å². The lowest BCUT2D eigenvalue weighted by atomic mass is 9.89. The molecule has 0 unspecified atom stereocenters. The Bertz CT molecular complexity index is 1780. The van der Waals surface area contributed by atoms with Gasteiger partial charge in [-0.3, -0.25) is 10.2 Å². The maximum Gasteiger partial charge on any atom is 0.223 e. The summed E-state index contributed by atoms with van der Waals surface area (Å²) in [7, 11) is 2.96. The number of hydrogen-bond donors (Lipinski definition) is 3. The van der Waals surface area contributed by atoms with E-state index in [2.05, 4.69) is 20.5 Å². The molecule has 0 amide bonds. The Balaban J connectivity index is 1.51. The molecule has 5 rings (SSSR count). The molecule has 3 N–H and O–H groups in total. The number of ketones is 1. The van der Waals surface area contributed by atoms with E-state index in [9.17, 15) is 15.0 Å². The van der Waals surface area contributed by atoms with E-state index in [1.165, 1.54) is 20.3 Å². The second-order valence-electron chi connectivity index (χ2n) is 8.98. The van der Waals surface area contributed by atoms with E-state index in [-0.39, 0.29) is 22.9 Å². The Kier molecular flexibility index (Phi) is 8.31. The number of aliphatic hydroxyl groups excluding tert-OH is 2. The van der Waals surface area contributed by atoms with Gasteiger partial charge in [0, 0.05) is 16.1 Å². The molecule has 0 radical (unpaired) electrons. The Morgan fingerprint density at radius 3 is 2.29 bits per heavy atom. The van der Waals surface area contributed by atoms with Crippen molar-refractivity contribution in [2.45, 2.75) is 0 Å². The van der Waals surface area contributed by atoms with Crippen molar-refractivity contribution >= 4 is 58.0 Å². The van der Waals surface area contributed by atoms with Crippen LogP contribution in [0.3, 0.4) is 0 Å². The standard InChI is InChI=1S/C32H25ClN4O5/c1-41-27-15-13-21(33)18-25(27)35-32(40)24-16-19-8-6-7-11-23(19)29(30(24)38)37-36-26-17-20(12-14-28(26)42-2)31(39)34-22-9-4-3-5-10-22/h3-18,36H,1-2H3,(H,34,39)(H,35,40)/b37-29-. The zero-order valence-corrected chi connectivity index (χ0v) is 23.3. The number of para-hydroxylation sites is 1. The number of aliphatic hydroxyl groups is 2. The first-order valence-corrected chi connectivity index (χ1v) is 13.1. The summed E-state index contributed by atoms with van der Waals surface area (Å²) in [5.41, 5.74) is 5.68. The van der Waals surface area contributed by atoms with Gasteiger partial charge >= 0.3 is 0 Å². The summed E-state index contributed by atoms with van der Waals surface area (Å²) in [5.74, 6) is -0.505. The second-order valence-corrected chi connectivity index (χ2v) is 9.42. The quantitative estimate of drug-likeness (QED) is 0.116. The van der Waals surface area contributed by atoms with Gasteiger partial charge in [-0.25, -0.2) is 9.98 Å². The van der Waals surface area contributed by atoms with E-state index in [1.807, 2.05) is 24.3 Å². The third kappa shape index (κ3) is 6.01. The first-order chi connectivity index (χ1) is 20.4. The largest absolute Gasteiger partial charge is 0.495 e. The molecule has 0 saturated heterocycles. The SMILES string of the molecule is COc1ccc(Cl)cc1N=C(O)C1=Cc2ccccc2/C(=N/Nc2cc(C(O)=Nc3ccccc3)ccc2OC)C1=O. The Hall–Kier alpha value is -5.41. The fraction of sp³-hybridized carbons (Fsp3) is 0.0625. The van der Waals surface area contributed by atoms with E-state index >= 15 is 0 Å². The van der Waals surface area contributed by atoms with Crippen LogP contribution >= 0.6 is 11.6 Å². The van der Waals surface area contributed by atoms with Crippen molar-refractivity contribution in [3.63, 3.8) is 0 Å². The summed E-state index contributed by atoms with van der Waals surface area (Å²) in [6.45, 7) is 0. The van der Waals surface area contributed by atoms with Crippen molar-refractivity contribution in [3.05, 3.63) is 118 Å². The number of aliphatic imine (C=N–C) groups is 2. The molecule has 1 aliphatic carbocycles. The molecule has 0 bridgehead atoms. The van der Waals surface area contributed by atoms with E-state index < -0.39 is 11.7 Å². The van der Waals surface area contributed by atoms with Gasteiger partial charge in [0.2, 0.25) is 17.6 Å². The topological polar surface area (TPSA) is 125 Å². The minimum Gasteiger partial charge on any atom is -0.495 e. The number of ether oxygens (including phenoxy) is 2. The van der Waals surface area contributed by atoms with Crippen LogP contribution in [0, 0.1) is 0 Å². The Morgan fingerprint density at radius 1 is 0.810 bits per heavy atom. The minimum absolute atomic E-state index is 0.0394. The van der Waals surface area contributed by atoms with Gasteiger partial charge in [-0.2, -0.15) is 5.10 Å². The summed E-state index contributed by atoms with van der Waals surface area (Å²) in [5, 5.41) is 26.4. The normalized spacial score (nSPS) is 14.3. The van der Waals surface area contributed by atoms with E-state index in [0.717, 1.165) is 0 Å². The van der Waals surface area contributed by atoms with Crippen LogP contribution < -0.4 is 14.9 Å². The molecular formula is C32H25ClN4O5. The fourth-order valence-electron chi connectivity index (χ4n) is 4.25. The molecule has 4 aromatic rings. The van der Waals surface area contributed by atoms with Gasteiger partial charge in [0.05, 0.1) is 31.2 Å². The number of hydrazone groups is 1. The van der Waals surface area contributed by atoms with Gasteiger partial charge in [-0.15, -0.1) is 0 Å². The van der Waals surface area contributed by atoms with Crippen molar-refractivity contribution in [3.8, 4) is 11.5 Å². The van der Waals surface area contributed by atoms with Crippen LogP contribution in [0.4, 0.5) is 17.1 Å². The molecule has 9 nitrogen and oxygen atoms in total. The maximum absolute atomic E-state index is 13.7. The number of hydrogen-bond acceptors (Lipinski definition) is 7. The Morgan fingerprint density at radius 2 is 1.52 bits per heavy atom. The van der Waals surface area contributed by atoms with Crippen molar-refractivity contribution in [2.75, 3.05) is 19.6 Å². The third-order valence-electron chi connectivity index (χ3n) is 6.32.